The lowest BCUT2D eigenvalue weighted by Crippen LogP contribution is -2.16. The zero-order valence-electron chi connectivity index (χ0n) is 20.9. The van der Waals surface area contributed by atoms with Gasteiger partial charge in [-0.15, -0.1) is 16.8 Å². The van der Waals surface area contributed by atoms with Crippen molar-refractivity contribution in [3.8, 4) is 5.75 Å². The number of thioether (sulfide) groups is 1. The van der Waals surface area contributed by atoms with Gasteiger partial charge in [-0.3, -0.25) is 9.36 Å². The molecule has 1 N–H and O–H groups in total. The van der Waals surface area contributed by atoms with Crippen LogP contribution in [-0.2, 0) is 16.8 Å². The highest BCUT2D eigenvalue weighted by Gasteiger charge is 2.20. The Morgan fingerprint density at radius 1 is 1.18 bits per heavy atom. The first-order chi connectivity index (χ1) is 16.1. The van der Waals surface area contributed by atoms with Crippen LogP contribution >= 0.6 is 11.8 Å². The molecule has 7 heteroatoms. The molecule has 0 saturated carbocycles. The van der Waals surface area contributed by atoms with Crippen LogP contribution in [0.2, 0.25) is 0 Å². The van der Waals surface area contributed by atoms with Crippen LogP contribution < -0.4 is 10.1 Å². The molecular formula is C27H34N4O2S. The number of aryl methyl sites for hydroxylation is 2. The molecule has 0 aliphatic rings. The van der Waals surface area contributed by atoms with Crippen molar-refractivity contribution >= 4 is 23.4 Å². The van der Waals surface area contributed by atoms with E-state index in [1.807, 2.05) is 55.7 Å². The largest absolute Gasteiger partial charge is 0.483 e. The van der Waals surface area contributed by atoms with Gasteiger partial charge in [0.2, 0.25) is 5.91 Å². The van der Waals surface area contributed by atoms with Gasteiger partial charge in [0.05, 0.1) is 5.75 Å². The molecule has 3 aromatic rings. The summed E-state index contributed by atoms with van der Waals surface area (Å²) in [4.78, 5) is 12.5. The maximum atomic E-state index is 12.5. The third-order valence-corrected chi connectivity index (χ3v) is 6.41. The van der Waals surface area contributed by atoms with E-state index < -0.39 is 0 Å². The topological polar surface area (TPSA) is 69.0 Å². The van der Waals surface area contributed by atoms with Crippen molar-refractivity contribution in [2.24, 2.45) is 0 Å². The van der Waals surface area contributed by atoms with Crippen molar-refractivity contribution in [2.75, 3.05) is 11.1 Å². The maximum Gasteiger partial charge on any atom is 0.234 e. The van der Waals surface area contributed by atoms with Crippen molar-refractivity contribution in [1.82, 2.24) is 14.8 Å². The molecule has 1 unspecified atom stereocenters. The van der Waals surface area contributed by atoms with Crippen molar-refractivity contribution < 1.29 is 9.53 Å². The van der Waals surface area contributed by atoms with Crippen molar-refractivity contribution in [3.05, 3.63) is 77.6 Å². The average molecular weight is 479 g/mol. The van der Waals surface area contributed by atoms with E-state index in [4.69, 9.17) is 4.74 Å². The SMILES string of the molecule is C=CCn1c(SCC(=O)Nc2ccc(C)cc2C)nnc1C(C)Oc1ccc(C(C)(C)C)cc1. The molecule has 0 radical (unpaired) electrons. The molecule has 0 aliphatic heterocycles. The molecular weight excluding hydrogens is 444 g/mol. The number of benzene rings is 2. The highest BCUT2D eigenvalue weighted by molar-refractivity contribution is 7.99. The number of hydrogen-bond donors (Lipinski definition) is 1. The van der Waals surface area contributed by atoms with E-state index in [-0.39, 0.29) is 23.2 Å². The number of anilines is 1. The van der Waals surface area contributed by atoms with E-state index in [2.05, 4.69) is 55.0 Å². The molecule has 0 bridgehead atoms. The minimum absolute atomic E-state index is 0.0881. The van der Waals surface area contributed by atoms with E-state index in [1.54, 1.807) is 6.08 Å². The average Bonchev–Trinajstić information content (AvgIpc) is 3.17. The monoisotopic (exact) mass is 478 g/mol. The Balaban J connectivity index is 1.67. The molecule has 1 amide bonds. The Labute approximate surface area is 206 Å². The zero-order valence-corrected chi connectivity index (χ0v) is 21.7. The first-order valence-electron chi connectivity index (χ1n) is 11.4. The normalized spacial score (nSPS) is 12.3. The van der Waals surface area contributed by atoms with Gasteiger partial charge in [-0.1, -0.05) is 68.4 Å². The number of carbonyl (C=O) groups excluding carboxylic acids is 1. The summed E-state index contributed by atoms with van der Waals surface area (Å²) in [5, 5.41) is 12.3. The Morgan fingerprint density at radius 2 is 1.88 bits per heavy atom. The highest BCUT2D eigenvalue weighted by Crippen LogP contribution is 2.28. The second-order valence-corrected chi connectivity index (χ2v) is 10.4. The van der Waals surface area contributed by atoms with Gasteiger partial charge >= 0.3 is 0 Å². The molecule has 3 rings (SSSR count). The molecule has 1 atom stereocenters. The Morgan fingerprint density at radius 3 is 2.50 bits per heavy atom. The van der Waals surface area contributed by atoms with Crippen LogP contribution in [0.1, 0.15) is 56.3 Å². The van der Waals surface area contributed by atoms with Gasteiger partial charge in [0.25, 0.3) is 0 Å². The van der Waals surface area contributed by atoms with Crippen molar-refractivity contribution in [3.63, 3.8) is 0 Å². The standard InChI is InChI=1S/C27H34N4O2S/c1-8-15-31-25(20(4)33-22-12-10-21(11-13-22)27(5,6)7)29-30-26(31)34-17-24(32)28-23-14-9-18(2)16-19(23)3/h8-14,16,20H,1,15,17H2,2-7H3,(H,28,32). The Kier molecular flexibility index (Phi) is 8.20. The van der Waals surface area contributed by atoms with Gasteiger partial charge < -0.3 is 10.1 Å². The van der Waals surface area contributed by atoms with E-state index >= 15 is 0 Å². The van der Waals surface area contributed by atoms with Gasteiger partial charge in [0.15, 0.2) is 17.1 Å². The van der Waals surface area contributed by atoms with Gasteiger partial charge in [-0.25, -0.2) is 0 Å². The smallest absolute Gasteiger partial charge is 0.234 e. The van der Waals surface area contributed by atoms with Gasteiger partial charge in [-0.2, -0.15) is 0 Å². The van der Waals surface area contributed by atoms with Crippen LogP contribution in [-0.4, -0.2) is 26.4 Å². The van der Waals surface area contributed by atoms with Crippen LogP contribution in [0.5, 0.6) is 5.75 Å². The fourth-order valence-electron chi connectivity index (χ4n) is 3.57. The first-order valence-corrected chi connectivity index (χ1v) is 12.4. The second kappa shape index (κ2) is 10.9. The van der Waals surface area contributed by atoms with Gasteiger partial charge in [0, 0.05) is 12.2 Å². The molecule has 2 aromatic carbocycles. The number of aromatic nitrogens is 3. The number of nitrogens with one attached hydrogen (secondary N) is 1. The fourth-order valence-corrected chi connectivity index (χ4v) is 4.32. The minimum Gasteiger partial charge on any atom is -0.483 e. The molecule has 1 heterocycles. The highest BCUT2D eigenvalue weighted by atomic mass is 32.2. The maximum absolute atomic E-state index is 12.5. The summed E-state index contributed by atoms with van der Waals surface area (Å²) < 4.78 is 8.09. The summed E-state index contributed by atoms with van der Waals surface area (Å²) in [6.07, 6.45) is 1.48. The summed E-state index contributed by atoms with van der Waals surface area (Å²) in [7, 11) is 0. The Bertz CT molecular complexity index is 1150. The summed E-state index contributed by atoms with van der Waals surface area (Å²) in [6, 6.07) is 14.1. The quantitative estimate of drug-likeness (QED) is 0.291. The number of nitrogens with zero attached hydrogens (tertiary/aromatic N) is 3. The lowest BCUT2D eigenvalue weighted by atomic mass is 9.87. The van der Waals surface area contributed by atoms with E-state index in [0.29, 0.717) is 17.5 Å². The summed E-state index contributed by atoms with van der Waals surface area (Å²) >= 11 is 1.35. The number of rotatable bonds is 9. The number of hydrogen-bond acceptors (Lipinski definition) is 5. The van der Waals surface area contributed by atoms with Crippen LogP contribution in [0, 0.1) is 13.8 Å². The molecule has 34 heavy (non-hydrogen) atoms. The predicted molar refractivity (Wildman–Crippen MR) is 140 cm³/mol. The summed E-state index contributed by atoms with van der Waals surface area (Å²) in [5.74, 6) is 1.61. The first kappa shape index (κ1) is 25.6. The molecule has 0 saturated heterocycles. The predicted octanol–water partition coefficient (Wildman–Crippen LogP) is 6.25. The van der Waals surface area contributed by atoms with Crippen LogP contribution in [0.4, 0.5) is 5.69 Å². The number of ether oxygens (including phenoxy) is 1. The lowest BCUT2D eigenvalue weighted by Gasteiger charge is -2.20. The molecule has 1 aromatic heterocycles. The number of amides is 1. The summed E-state index contributed by atoms with van der Waals surface area (Å²) in [5.41, 5.74) is 4.36. The van der Waals surface area contributed by atoms with Crippen LogP contribution in [0.3, 0.4) is 0 Å². The van der Waals surface area contributed by atoms with Crippen LogP contribution in [0.25, 0.3) is 0 Å². The lowest BCUT2D eigenvalue weighted by molar-refractivity contribution is -0.113. The number of carbonyl (C=O) groups is 1. The third kappa shape index (κ3) is 6.50. The molecule has 6 nitrogen and oxygen atoms in total. The van der Waals surface area contributed by atoms with E-state index in [1.165, 1.54) is 17.3 Å². The third-order valence-electron chi connectivity index (χ3n) is 5.44. The minimum atomic E-state index is -0.314. The molecule has 0 fully saturated rings. The van der Waals surface area contributed by atoms with Gasteiger partial charge in [-0.05, 0) is 55.5 Å². The Hall–Kier alpha value is -3.06. The number of allylic oxidation sites excluding steroid dienone is 1. The zero-order chi connectivity index (χ0) is 24.9. The fraction of sp³-hybridized carbons (Fsp3) is 0.370. The van der Waals surface area contributed by atoms with E-state index in [9.17, 15) is 4.79 Å². The van der Waals surface area contributed by atoms with Crippen molar-refractivity contribution in [2.45, 2.75) is 64.8 Å². The molecule has 180 valence electrons. The van der Waals surface area contributed by atoms with Crippen molar-refractivity contribution in [1.29, 1.82) is 0 Å². The second-order valence-electron chi connectivity index (χ2n) is 9.43. The van der Waals surface area contributed by atoms with Gasteiger partial charge in [0.1, 0.15) is 5.75 Å². The molecule has 0 spiro atoms. The van der Waals surface area contributed by atoms with E-state index in [0.717, 1.165) is 22.6 Å². The van der Waals surface area contributed by atoms with Crippen LogP contribution in [0.15, 0.2) is 60.3 Å². The summed E-state index contributed by atoms with van der Waals surface area (Å²) in [6.45, 7) is 16.9. The molecule has 0 aliphatic carbocycles.